The second-order valence-corrected chi connectivity index (χ2v) is 5.05. The Morgan fingerprint density at radius 1 is 1.38 bits per heavy atom. The zero-order valence-electron chi connectivity index (χ0n) is 11.4. The lowest BCUT2D eigenvalue weighted by Crippen LogP contribution is -2.50. The maximum Gasteiger partial charge on any atom is 0.344 e. The number of amides is 5. The van der Waals surface area contributed by atoms with E-state index in [9.17, 15) is 19.5 Å². The summed E-state index contributed by atoms with van der Waals surface area (Å²) in [6, 6.07) is 4.87. The average Bonchev–Trinajstić information content (AvgIpc) is 2.62. The van der Waals surface area contributed by atoms with Gasteiger partial charge in [-0.3, -0.25) is 4.79 Å². The minimum Gasteiger partial charge on any atom is -0.508 e. The maximum atomic E-state index is 12.2. The highest BCUT2D eigenvalue weighted by atomic mass is 16.3. The molecule has 1 aliphatic rings. The van der Waals surface area contributed by atoms with Crippen LogP contribution in [0.25, 0.3) is 0 Å². The van der Waals surface area contributed by atoms with Crippen molar-refractivity contribution < 1.29 is 19.5 Å². The molecule has 8 heteroatoms. The number of hydrazine groups is 1. The molecule has 1 atom stereocenters. The molecule has 0 saturated carbocycles. The van der Waals surface area contributed by atoms with Gasteiger partial charge in [-0.2, -0.15) is 5.01 Å². The van der Waals surface area contributed by atoms with Crippen molar-refractivity contribution in [2.45, 2.75) is 25.3 Å². The van der Waals surface area contributed by atoms with Crippen LogP contribution in [0.1, 0.15) is 18.9 Å². The number of benzene rings is 1. The largest absolute Gasteiger partial charge is 0.508 e. The molecule has 1 unspecified atom stereocenters. The number of nitrogens with zero attached hydrogens (tertiary/aromatic N) is 1. The van der Waals surface area contributed by atoms with Crippen LogP contribution in [0, 0.1) is 0 Å². The molecule has 112 valence electrons. The molecule has 0 bridgehead atoms. The molecule has 1 heterocycles. The second-order valence-electron chi connectivity index (χ2n) is 5.05. The van der Waals surface area contributed by atoms with Gasteiger partial charge in [0, 0.05) is 0 Å². The van der Waals surface area contributed by atoms with Crippen LogP contribution < -0.4 is 16.5 Å². The number of nitrogens with one attached hydrogen (secondary N) is 2. The Balaban J connectivity index is 2.05. The monoisotopic (exact) mass is 292 g/mol. The summed E-state index contributed by atoms with van der Waals surface area (Å²) in [7, 11) is 0. The van der Waals surface area contributed by atoms with Crippen molar-refractivity contribution in [3.63, 3.8) is 0 Å². The highest BCUT2D eigenvalue weighted by Gasteiger charge is 2.48. The van der Waals surface area contributed by atoms with Crippen LogP contribution in [-0.2, 0) is 11.2 Å². The molecule has 1 aromatic rings. The first-order valence-corrected chi connectivity index (χ1v) is 6.32. The van der Waals surface area contributed by atoms with Crippen molar-refractivity contribution >= 4 is 18.0 Å². The minimum absolute atomic E-state index is 0.159. The molecule has 8 nitrogen and oxygen atoms in total. The lowest BCUT2D eigenvalue weighted by Gasteiger charge is -2.21. The summed E-state index contributed by atoms with van der Waals surface area (Å²) in [6.07, 6.45) is 0.868. The van der Waals surface area contributed by atoms with Crippen LogP contribution in [-0.4, -0.2) is 33.6 Å². The van der Waals surface area contributed by atoms with Gasteiger partial charge < -0.3 is 16.2 Å². The number of rotatable bonds is 4. The molecule has 5 N–H and O–H groups in total. The fraction of sp³-hybridized carbons (Fsp3) is 0.308. The van der Waals surface area contributed by atoms with Crippen LogP contribution in [0.15, 0.2) is 24.3 Å². The lowest BCUT2D eigenvalue weighted by molar-refractivity contribution is -0.132. The predicted octanol–water partition coefficient (Wildman–Crippen LogP) is 0.219. The summed E-state index contributed by atoms with van der Waals surface area (Å²) >= 11 is 0. The van der Waals surface area contributed by atoms with E-state index in [1.54, 1.807) is 31.2 Å². The quantitative estimate of drug-likeness (QED) is 0.592. The standard InChI is InChI=1S/C13H16N4O4/c1-13(7-6-8-2-4-9(18)5-3-8)10(19)17(12(21)15-13)16-11(14)20/h2-5,18H,6-7H2,1H3,(H,15,21)(H3,14,16,20). The topological polar surface area (TPSA) is 125 Å². The van der Waals surface area contributed by atoms with Gasteiger partial charge in [0.25, 0.3) is 5.91 Å². The first kappa shape index (κ1) is 14.6. The Morgan fingerprint density at radius 3 is 2.57 bits per heavy atom. The first-order valence-electron chi connectivity index (χ1n) is 6.32. The molecule has 21 heavy (non-hydrogen) atoms. The van der Waals surface area contributed by atoms with E-state index in [-0.39, 0.29) is 5.75 Å². The smallest absolute Gasteiger partial charge is 0.344 e. The Bertz CT molecular complexity index is 586. The van der Waals surface area contributed by atoms with Crippen LogP contribution in [0.2, 0.25) is 0 Å². The molecule has 0 aromatic heterocycles. The number of primary amides is 1. The third-order valence-electron chi connectivity index (χ3n) is 3.33. The van der Waals surface area contributed by atoms with Crippen LogP contribution in [0.5, 0.6) is 5.75 Å². The van der Waals surface area contributed by atoms with E-state index in [1.807, 2.05) is 5.43 Å². The Hall–Kier alpha value is -2.77. The van der Waals surface area contributed by atoms with E-state index in [1.165, 1.54) is 0 Å². The summed E-state index contributed by atoms with van der Waals surface area (Å²) in [5, 5.41) is 12.3. The van der Waals surface area contributed by atoms with E-state index in [2.05, 4.69) is 5.32 Å². The highest BCUT2D eigenvalue weighted by Crippen LogP contribution is 2.22. The second kappa shape index (κ2) is 5.31. The van der Waals surface area contributed by atoms with Gasteiger partial charge in [-0.15, -0.1) is 0 Å². The highest BCUT2D eigenvalue weighted by molar-refractivity contribution is 6.07. The number of phenolic OH excluding ortho intramolecular Hbond substituents is 1. The molecule has 1 saturated heterocycles. The number of carbonyl (C=O) groups excluding carboxylic acids is 3. The van der Waals surface area contributed by atoms with Gasteiger partial charge in [-0.05, 0) is 37.5 Å². The van der Waals surface area contributed by atoms with Crippen molar-refractivity contribution in [3.05, 3.63) is 29.8 Å². The number of hydrogen-bond donors (Lipinski definition) is 4. The van der Waals surface area contributed by atoms with Crippen molar-refractivity contribution in [2.24, 2.45) is 5.73 Å². The van der Waals surface area contributed by atoms with Crippen molar-refractivity contribution in [1.29, 1.82) is 0 Å². The Morgan fingerprint density at radius 2 is 2.00 bits per heavy atom. The van der Waals surface area contributed by atoms with Crippen molar-refractivity contribution in [3.8, 4) is 5.75 Å². The van der Waals surface area contributed by atoms with Gasteiger partial charge >= 0.3 is 12.1 Å². The van der Waals surface area contributed by atoms with Gasteiger partial charge in [-0.1, -0.05) is 12.1 Å². The number of phenols is 1. The maximum absolute atomic E-state index is 12.2. The van der Waals surface area contributed by atoms with E-state index >= 15 is 0 Å². The molecular formula is C13H16N4O4. The molecule has 0 aliphatic carbocycles. The first-order chi connectivity index (χ1) is 9.82. The number of carbonyl (C=O) groups is 3. The lowest BCUT2D eigenvalue weighted by atomic mass is 9.93. The zero-order chi connectivity index (χ0) is 15.6. The number of urea groups is 2. The minimum atomic E-state index is -1.11. The van der Waals surface area contributed by atoms with Crippen molar-refractivity contribution in [1.82, 2.24) is 15.8 Å². The van der Waals surface area contributed by atoms with E-state index in [4.69, 9.17) is 5.73 Å². The molecule has 0 spiro atoms. The zero-order valence-corrected chi connectivity index (χ0v) is 11.4. The molecule has 1 aliphatic heterocycles. The fourth-order valence-electron chi connectivity index (χ4n) is 2.12. The van der Waals surface area contributed by atoms with Gasteiger partial charge in [0.15, 0.2) is 0 Å². The molecule has 1 fully saturated rings. The molecule has 5 amide bonds. The third-order valence-corrected chi connectivity index (χ3v) is 3.33. The number of aromatic hydroxyl groups is 1. The number of nitrogens with two attached hydrogens (primary N) is 1. The van der Waals surface area contributed by atoms with Crippen molar-refractivity contribution in [2.75, 3.05) is 0 Å². The SMILES string of the molecule is CC1(CCc2ccc(O)cc2)NC(=O)N(NC(N)=O)C1=O. The van der Waals surface area contributed by atoms with Crippen LogP contribution in [0.3, 0.4) is 0 Å². The van der Waals surface area contributed by atoms with E-state index in [0.29, 0.717) is 17.9 Å². The van der Waals surface area contributed by atoms with Gasteiger partial charge in [0.1, 0.15) is 11.3 Å². The summed E-state index contributed by atoms with van der Waals surface area (Å²) in [6.45, 7) is 1.58. The number of hydrogen-bond acceptors (Lipinski definition) is 4. The van der Waals surface area contributed by atoms with E-state index in [0.717, 1.165) is 5.56 Å². The Labute approximate surface area is 120 Å². The molecule has 2 rings (SSSR count). The van der Waals surface area contributed by atoms with Gasteiger partial charge in [0.2, 0.25) is 0 Å². The summed E-state index contributed by atoms with van der Waals surface area (Å²) in [4.78, 5) is 34.6. The van der Waals surface area contributed by atoms with E-state index < -0.39 is 23.5 Å². The normalized spacial score (nSPS) is 21.3. The van der Waals surface area contributed by atoms with Gasteiger partial charge in [0.05, 0.1) is 0 Å². The fourth-order valence-corrected chi connectivity index (χ4v) is 2.12. The van der Waals surface area contributed by atoms with Crippen LogP contribution in [0.4, 0.5) is 9.59 Å². The predicted molar refractivity (Wildman–Crippen MR) is 72.9 cm³/mol. The average molecular weight is 292 g/mol. The molecule has 0 radical (unpaired) electrons. The van der Waals surface area contributed by atoms with Crippen LogP contribution >= 0.6 is 0 Å². The molecule has 1 aromatic carbocycles. The number of aryl methyl sites for hydroxylation is 1. The summed E-state index contributed by atoms with van der Waals surface area (Å²) in [5.74, 6) is -0.405. The van der Waals surface area contributed by atoms with Gasteiger partial charge in [-0.25, -0.2) is 15.0 Å². The third kappa shape index (κ3) is 3.04. The molecular weight excluding hydrogens is 276 g/mol. The summed E-state index contributed by atoms with van der Waals surface area (Å²) in [5.41, 5.74) is 6.70. The Kier molecular flexibility index (Phi) is 3.70. The summed E-state index contributed by atoms with van der Waals surface area (Å²) < 4.78 is 0. The number of imide groups is 1.